The molecule has 3 aromatic rings. The number of halogens is 1. The highest BCUT2D eigenvalue weighted by molar-refractivity contribution is 6.31. The summed E-state index contributed by atoms with van der Waals surface area (Å²) in [6.07, 6.45) is 0. The summed E-state index contributed by atoms with van der Waals surface area (Å²) in [6, 6.07) is 22.9. The molecule has 0 aliphatic carbocycles. The Labute approximate surface area is 189 Å². The predicted molar refractivity (Wildman–Crippen MR) is 120 cm³/mol. The molecule has 3 heterocycles. The van der Waals surface area contributed by atoms with Crippen LogP contribution in [0.15, 0.2) is 78.9 Å². The van der Waals surface area contributed by atoms with Crippen LogP contribution < -0.4 is 15.5 Å². The van der Waals surface area contributed by atoms with E-state index in [0.717, 1.165) is 5.56 Å². The van der Waals surface area contributed by atoms with Crippen molar-refractivity contribution < 1.29 is 14.4 Å². The van der Waals surface area contributed by atoms with Crippen LogP contribution in [0.1, 0.15) is 17.2 Å². The van der Waals surface area contributed by atoms with E-state index in [0.29, 0.717) is 22.0 Å². The van der Waals surface area contributed by atoms with E-state index in [-0.39, 0.29) is 17.7 Å². The van der Waals surface area contributed by atoms with Crippen LogP contribution >= 0.6 is 11.6 Å². The van der Waals surface area contributed by atoms with Gasteiger partial charge >= 0.3 is 0 Å². The zero-order valence-electron chi connectivity index (χ0n) is 16.8. The summed E-state index contributed by atoms with van der Waals surface area (Å²) in [5.74, 6) is -2.62. The van der Waals surface area contributed by atoms with Crippen molar-refractivity contribution in [1.29, 1.82) is 0 Å². The second kappa shape index (κ2) is 6.76. The first-order valence-electron chi connectivity index (χ1n) is 10.4. The van der Waals surface area contributed by atoms with Crippen molar-refractivity contribution in [3.63, 3.8) is 0 Å². The molecule has 158 valence electrons. The van der Waals surface area contributed by atoms with Crippen LogP contribution in [0, 0.1) is 11.8 Å². The molecule has 6 rings (SSSR count). The van der Waals surface area contributed by atoms with E-state index < -0.39 is 23.4 Å². The number of rotatable bonds is 2. The van der Waals surface area contributed by atoms with Crippen molar-refractivity contribution in [3.8, 4) is 0 Å². The number of imide groups is 1. The predicted octanol–water partition coefficient (Wildman–Crippen LogP) is 3.64. The number of carbonyl (C=O) groups excluding carboxylic acids is 3. The first kappa shape index (κ1) is 19.2. The fraction of sp³-hybridized carbons (Fsp3) is 0.160. The number of anilines is 2. The molecule has 1 spiro atoms. The minimum atomic E-state index is -1.32. The van der Waals surface area contributed by atoms with Crippen LogP contribution in [0.4, 0.5) is 11.4 Å². The number of hydrogen-bond donors (Lipinski definition) is 2. The molecule has 2 N–H and O–H groups in total. The molecule has 6 nitrogen and oxygen atoms in total. The maximum atomic E-state index is 13.8. The molecule has 3 amide bonds. The van der Waals surface area contributed by atoms with Crippen LogP contribution in [0.2, 0.25) is 5.02 Å². The van der Waals surface area contributed by atoms with E-state index >= 15 is 0 Å². The van der Waals surface area contributed by atoms with Crippen LogP contribution in [0.5, 0.6) is 0 Å². The number of hydrogen-bond acceptors (Lipinski definition) is 4. The summed E-state index contributed by atoms with van der Waals surface area (Å²) in [5.41, 5.74) is 1.33. The molecule has 0 bridgehead atoms. The van der Waals surface area contributed by atoms with Crippen molar-refractivity contribution in [2.75, 3.05) is 10.2 Å². The maximum Gasteiger partial charge on any atom is 0.250 e. The summed E-state index contributed by atoms with van der Waals surface area (Å²) in [4.78, 5) is 42.2. The Morgan fingerprint density at radius 1 is 0.812 bits per heavy atom. The Hall–Kier alpha value is -3.48. The third-order valence-electron chi connectivity index (χ3n) is 6.76. The molecule has 0 saturated carbocycles. The Bertz CT molecular complexity index is 1280. The Balaban J connectivity index is 1.55. The van der Waals surface area contributed by atoms with Crippen molar-refractivity contribution in [2.45, 2.75) is 11.6 Å². The first-order chi connectivity index (χ1) is 15.5. The van der Waals surface area contributed by atoms with Crippen molar-refractivity contribution in [3.05, 3.63) is 95.0 Å². The average Bonchev–Trinajstić information content (AvgIpc) is 3.40. The van der Waals surface area contributed by atoms with Gasteiger partial charge in [-0.3, -0.25) is 19.7 Å². The summed E-state index contributed by atoms with van der Waals surface area (Å²) in [5, 5.41) is 6.85. The second-order valence-corrected chi connectivity index (χ2v) is 8.77. The van der Waals surface area contributed by atoms with Crippen molar-refractivity contribution >= 4 is 40.7 Å². The highest BCUT2D eigenvalue weighted by Gasteiger charge is 2.70. The smallest absolute Gasteiger partial charge is 0.250 e. The molecule has 3 aliphatic rings. The quantitative estimate of drug-likeness (QED) is 0.593. The van der Waals surface area contributed by atoms with Gasteiger partial charge < -0.3 is 5.32 Å². The lowest BCUT2D eigenvalue weighted by atomic mass is 9.76. The molecule has 0 unspecified atom stereocenters. The number of nitrogens with zero attached hydrogens (tertiary/aromatic N) is 1. The van der Waals surface area contributed by atoms with Crippen LogP contribution in [-0.2, 0) is 19.9 Å². The Kier molecular flexibility index (Phi) is 4.06. The minimum absolute atomic E-state index is 0.314. The SMILES string of the molecule is O=C1[C@@H]2[C@H](c3ccccc3)N[C@]3(C(=O)Nc4ccccc43)[C@H]2C(=O)N1c1ccc(Cl)cc1. The van der Waals surface area contributed by atoms with E-state index in [1.54, 1.807) is 24.3 Å². The van der Waals surface area contributed by atoms with E-state index in [1.807, 2.05) is 54.6 Å². The van der Waals surface area contributed by atoms with Gasteiger partial charge in [0.15, 0.2) is 0 Å². The van der Waals surface area contributed by atoms with Gasteiger partial charge in [-0.25, -0.2) is 4.90 Å². The van der Waals surface area contributed by atoms with Gasteiger partial charge in [0.25, 0.3) is 0 Å². The van der Waals surface area contributed by atoms with Crippen molar-refractivity contribution in [1.82, 2.24) is 5.32 Å². The molecule has 32 heavy (non-hydrogen) atoms. The third kappa shape index (κ3) is 2.42. The molecule has 3 aliphatic heterocycles. The topological polar surface area (TPSA) is 78.5 Å². The maximum absolute atomic E-state index is 13.8. The number of fused-ring (bicyclic) bond motifs is 4. The average molecular weight is 444 g/mol. The number of nitrogens with one attached hydrogen (secondary N) is 2. The van der Waals surface area contributed by atoms with Crippen LogP contribution in [-0.4, -0.2) is 17.7 Å². The van der Waals surface area contributed by atoms with Crippen LogP contribution in [0.25, 0.3) is 0 Å². The van der Waals surface area contributed by atoms with Gasteiger partial charge in [-0.05, 0) is 35.9 Å². The number of carbonyl (C=O) groups is 3. The van der Waals surface area contributed by atoms with Gasteiger partial charge in [0, 0.05) is 22.3 Å². The van der Waals surface area contributed by atoms with Gasteiger partial charge in [-0.15, -0.1) is 0 Å². The van der Waals surface area contributed by atoms with Crippen LogP contribution in [0.3, 0.4) is 0 Å². The zero-order chi connectivity index (χ0) is 22.0. The lowest BCUT2D eigenvalue weighted by Gasteiger charge is -2.29. The molecule has 2 fully saturated rings. The van der Waals surface area contributed by atoms with E-state index in [1.165, 1.54) is 4.90 Å². The fourth-order valence-corrected chi connectivity index (χ4v) is 5.56. The zero-order valence-corrected chi connectivity index (χ0v) is 17.5. The molecule has 0 aromatic heterocycles. The first-order valence-corrected chi connectivity index (χ1v) is 10.8. The van der Waals surface area contributed by atoms with Gasteiger partial charge in [-0.1, -0.05) is 60.1 Å². The third-order valence-corrected chi connectivity index (χ3v) is 7.01. The normalized spacial score (nSPS) is 28.2. The largest absolute Gasteiger partial charge is 0.324 e. The van der Waals surface area contributed by atoms with E-state index in [9.17, 15) is 14.4 Å². The summed E-state index contributed by atoms with van der Waals surface area (Å²) < 4.78 is 0. The lowest BCUT2D eigenvalue weighted by Crippen LogP contribution is -2.52. The molecule has 2 saturated heterocycles. The monoisotopic (exact) mass is 443 g/mol. The highest BCUT2D eigenvalue weighted by atomic mass is 35.5. The standard InChI is InChI=1S/C25H18ClN3O3/c26-15-10-12-16(13-11-15)29-22(30)19-20(23(29)31)25(28-21(19)14-6-2-1-3-7-14)17-8-4-5-9-18(17)27-24(25)32/h1-13,19-21,28H,(H,27,32)/t19-,20+,21-,25-/m0/s1. The summed E-state index contributed by atoms with van der Waals surface area (Å²) >= 11 is 6.01. The number of benzene rings is 3. The molecule has 3 aromatic carbocycles. The summed E-state index contributed by atoms with van der Waals surface area (Å²) in [7, 11) is 0. The molecule has 0 radical (unpaired) electrons. The molecule has 7 heteroatoms. The van der Waals surface area contributed by atoms with Gasteiger partial charge in [0.1, 0.15) is 5.54 Å². The van der Waals surface area contributed by atoms with Gasteiger partial charge in [0.2, 0.25) is 17.7 Å². The molecular weight excluding hydrogens is 426 g/mol. The van der Waals surface area contributed by atoms with E-state index in [4.69, 9.17) is 11.6 Å². The minimum Gasteiger partial charge on any atom is -0.324 e. The number of amides is 3. The van der Waals surface area contributed by atoms with Gasteiger partial charge in [0.05, 0.1) is 17.5 Å². The fourth-order valence-electron chi connectivity index (χ4n) is 5.43. The molecule has 4 atom stereocenters. The Morgan fingerprint density at radius 3 is 2.25 bits per heavy atom. The highest BCUT2D eigenvalue weighted by Crippen LogP contribution is 2.56. The van der Waals surface area contributed by atoms with Crippen molar-refractivity contribution in [2.24, 2.45) is 11.8 Å². The lowest BCUT2D eigenvalue weighted by molar-refractivity contribution is -0.130. The Morgan fingerprint density at radius 2 is 1.50 bits per heavy atom. The second-order valence-electron chi connectivity index (χ2n) is 8.33. The van der Waals surface area contributed by atoms with Gasteiger partial charge in [-0.2, -0.15) is 0 Å². The number of para-hydroxylation sites is 1. The van der Waals surface area contributed by atoms with E-state index in [2.05, 4.69) is 10.6 Å². The molecular formula is C25H18ClN3O3. The summed E-state index contributed by atoms with van der Waals surface area (Å²) in [6.45, 7) is 0.